The van der Waals surface area contributed by atoms with E-state index in [9.17, 15) is 19.5 Å². The highest BCUT2D eigenvalue weighted by Gasteiger charge is 2.19. The zero-order valence-electron chi connectivity index (χ0n) is 37.3. The van der Waals surface area contributed by atoms with Gasteiger partial charge < -0.3 is 20.9 Å². The normalized spacial score (nSPS) is 12.6. The van der Waals surface area contributed by atoms with Crippen molar-refractivity contribution in [1.82, 2.24) is 5.32 Å². The molecule has 2 unspecified atom stereocenters. The Morgan fingerprint density at radius 2 is 0.875 bits per heavy atom. The minimum absolute atomic E-state index is 0.0194. The summed E-state index contributed by atoms with van der Waals surface area (Å²) in [5.41, 5.74) is 5.49. The van der Waals surface area contributed by atoms with E-state index < -0.39 is 12.0 Å². The zero-order valence-corrected chi connectivity index (χ0v) is 37.3. The van der Waals surface area contributed by atoms with Crippen molar-refractivity contribution in [3.05, 3.63) is 12.2 Å². The van der Waals surface area contributed by atoms with E-state index in [0.717, 1.165) is 64.2 Å². The molecular weight excluding hydrogens is 697 g/mol. The van der Waals surface area contributed by atoms with E-state index in [4.69, 9.17) is 10.5 Å². The molecule has 0 bridgehead atoms. The highest BCUT2D eigenvalue weighted by molar-refractivity contribution is 5.83. The van der Waals surface area contributed by atoms with Crippen molar-refractivity contribution >= 4 is 17.8 Å². The van der Waals surface area contributed by atoms with Gasteiger partial charge in [-0.05, 0) is 83.6 Å². The Kier molecular flexibility index (Phi) is 42.7. The molecule has 0 aromatic heterocycles. The Balaban J connectivity index is 3.99. The smallest absolute Gasteiger partial charge is 0.326 e. The molecule has 0 aromatic rings. The molecule has 7 heteroatoms. The average Bonchev–Trinajstić information content (AvgIpc) is 3.18. The molecule has 7 nitrogen and oxygen atoms in total. The lowest BCUT2D eigenvalue weighted by Gasteiger charge is -2.18. The first-order chi connectivity index (χ1) is 27.4. The Morgan fingerprint density at radius 1 is 0.500 bits per heavy atom. The minimum atomic E-state index is -1.00. The lowest BCUT2D eigenvalue weighted by molar-refractivity contribution is -0.150. The molecule has 0 heterocycles. The Hall–Kier alpha value is -1.89. The molecule has 0 saturated carbocycles. The molecule has 0 aliphatic heterocycles. The number of carbonyl (C=O) groups is 3. The minimum Gasteiger partial charge on any atom is -0.480 e. The van der Waals surface area contributed by atoms with Crippen LogP contribution in [-0.2, 0) is 19.1 Å². The SMILES string of the molecule is CCCCCCCCCC/C=C\CCCCCCCCCCCCCC(=O)OC(CCCCCCCCC)CCCCCCCC(=O)NC(CCCN)C(=O)O. The summed E-state index contributed by atoms with van der Waals surface area (Å²) in [6.07, 6.45) is 50.0. The number of carboxylic acid groups (broad SMARTS) is 1. The Morgan fingerprint density at radius 3 is 1.29 bits per heavy atom. The van der Waals surface area contributed by atoms with Crippen molar-refractivity contribution < 1.29 is 24.2 Å². The maximum atomic E-state index is 12.8. The summed E-state index contributed by atoms with van der Waals surface area (Å²) in [5, 5.41) is 11.9. The van der Waals surface area contributed by atoms with E-state index in [0.29, 0.717) is 32.2 Å². The first kappa shape index (κ1) is 54.1. The number of unbranched alkanes of at least 4 members (excludes halogenated alkanes) is 29. The van der Waals surface area contributed by atoms with Gasteiger partial charge in [0.1, 0.15) is 12.1 Å². The average molecular weight is 791 g/mol. The highest BCUT2D eigenvalue weighted by Crippen LogP contribution is 2.19. The lowest BCUT2D eigenvalue weighted by atomic mass is 10.0. The highest BCUT2D eigenvalue weighted by atomic mass is 16.5. The number of aliphatic carboxylic acids is 1. The van der Waals surface area contributed by atoms with E-state index in [2.05, 4.69) is 31.3 Å². The van der Waals surface area contributed by atoms with Crippen molar-refractivity contribution in [3.63, 3.8) is 0 Å². The van der Waals surface area contributed by atoms with Gasteiger partial charge in [-0.1, -0.05) is 187 Å². The Bertz CT molecular complexity index is 894. The van der Waals surface area contributed by atoms with Gasteiger partial charge in [-0.2, -0.15) is 0 Å². The summed E-state index contributed by atoms with van der Waals surface area (Å²) in [4.78, 5) is 36.4. The molecule has 0 radical (unpaired) electrons. The number of hydrogen-bond acceptors (Lipinski definition) is 5. The van der Waals surface area contributed by atoms with Gasteiger partial charge in [0.05, 0.1) is 0 Å². The lowest BCUT2D eigenvalue weighted by Crippen LogP contribution is -2.40. The molecule has 0 aliphatic carbocycles. The molecular formula is C49H94N2O5. The van der Waals surface area contributed by atoms with Crippen LogP contribution in [0.2, 0.25) is 0 Å². The van der Waals surface area contributed by atoms with Gasteiger partial charge in [-0.25, -0.2) is 4.79 Å². The first-order valence-corrected chi connectivity index (χ1v) is 24.5. The van der Waals surface area contributed by atoms with Gasteiger partial charge in [0.15, 0.2) is 0 Å². The second-order valence-electron chi connectivity index (χ2n) is 16.9. The predicted molar refractivity (Wildman–Crippen MR) is 239 cm³/mol. The number of esters is 1. The van der Waals surface area contributed by atoms with E-state index >= 15 is 0 Å². The molecule has 4 N–H and O–H groups in total. The summed E-state index contributed by atoms with van der Waals surface area (Å²) in [6.45, 7) is 4.95. The van der Waals surface area contributed by atoms with Crippen molar-refractivity contribution in [3.8, 4) is 0 Å². The molecule has 2 atom stereocenters. The van der Waals surface area contributed by atoms with Crippen LogP contribution in [0.15, 0.2) is 12.2 Å². The summed E-state index contributed by atoms with van der Waals surface area (Å²) in [5.74, 6) is -1.22. The number of amides is 1. The van der Waals surface area contributed by atoms with Crippen LogP contribution in [0.1, 0.15) is 264 Å². The van der Waals surface area contributed by atoms with E-state index in [1.54, 1.807) is 0 Å². The molecule has 0 aliphatic rings. The zero-order chi connectivity index (χ0) is 41.0. The molecule has 0 rings (SSSR count). The second kappa shape index (κ2) is 44.2. The quantitative estimate of drug-likeness (QED) is 0.0321. The maximum absolute atomic E-state index is 12.8. The number of carboxylic acids is 1. The van der Waals surface area contributed by atoms with Gasteiger partial charge in [-0.3, -0.25) is 9.59 Å². The number of nitrogens with one attached hydrogen (secondary N) is 1. The predicted octanol–water partition coefficient (Wildman–Crippen LogP) is 14.2. The first-order valence-electron chi connectivity index (χ1n) is 24.5. The molecule has 1 amide bonds. The standard InChI is InChI=1S/C49H94N2O5/c1-3-5-7-9-11-12-13-14-15-16-17-18-19-20-21-22-23-24-25-26-28-33-37-43-48(53)56-45(39-34-30-27-10-8-6-4-2)40-35-31-29-32-36-42-47(52)51-46(49(54)55)41-38-44-50/h16-17,45-46H,3-15,18-44,50H2,1-2H3,(H,51,52)(H,54,55)/b17-16-. The van der Waals surface area contributed by atoms with Gasteiger partial charge in [-0.15, -0.1) is 0 Å². The monoisotopic (exact) mass is 791 g/mol. The van der Waals surface area contributed by atoms with Crippen LogP contribution in [0.3, 0.4) is 0 Å². The number of nitrogens with two attached hydrogens (primary N) is 1. The molecule has 0 aromatic carbocycles. The number of ether oxygens (including phenoxy) is 1. The fourth-order valence-electron chi connectivity index (χ4n) is 7.62. The van der Waals surface area contributed by atoms with E-state index in [1.165, 1.54) is 161 Å². The number of hydrogen-bond donors (Lipinski definition) is 3. The van der Waals surface area contributed by atoms with Gasteiger partial charge in [0.25, 0.3) is 0 Å². The van der Waals surface area contributed by atoms with Crippen molar-refractivity contribution in [1.29, 1.82) is 0 Å². The molecule has 56 heavy (non-hydrogen) atoms. The third-order valence-electron chi connectivity index (χ3n) is 11.3. The van der Waals surface area contributed by atoms with E-state index in [1.807, 2.05) is 0 Å². The summed E-state index contributed by atoms with van der Waals surface area (Å²) in [6, 6.07) is -0.853. The summed E-state index contributed by atoms with van der Waals surface area (Å²) >= 11 is 0. The van der Waals surface area contributed by atoms with Crippen LogP contribution in [-0.4, -0.2) is 41.6 Å². The number of carbonyl (C=O) groups excluding carboxylic acids is 2. The van der Waals surface area contributed by atoms with Crippen LogP contribution >= 0.6 is 0 Å². The van der Waals surface area contributed by atoms with Crippen LogP contribution in [0.5, 0.6) is 0 Å². The largest absolute Gasteiger partial charge is 0.480 e. The Labute approximate surface area is 347 Å². The van der Waals surface area contributed by atoms with Crippen molar-refractivity contribution in [2.75, 3.05) is 6.54 Å². The van der Waals surface area contributed by atoms with Crippen LogP contribution < -0.4 is 11.1 Å². The third-order valence-corrected chi connectivity index (χ3v) is 11.3. The van der Waals surface area contributed by atoms with Gasteiger partial charge >= 0.3 is 11.9 Å². The van der Waals surface area contributed by atoms with Gasteiger partial charge in [0.2, 0.25) is 5.91 Å². The molecule has 0 spiro atoms. The fourth-order valence-corrected chi connectivity index (χ4v) is 7.62. The van der Waals surface area contributed by atoms with Crippen LogP contribution in [0.4, 0.5) is 0 Å². The van der Waals surface area contributed by atoms with Crippen molar-refractivity contribution in [2.24, 2.45) is 5.73 Å². The second-order valence-corrected chi connectivity index (χ2v) is 16.9. The molecule has 0 fully saturated rings. The van der Waals surface area contributed by atoms with E-state index in [-0.39, 0.29) is 18.0 Å². The van der Waals surface area contributed by atoms with Crippen molar-refractivity contribution in [2.45, 2.75) is 276 Å². The summed E-state index contributed by atoms with van der Waals surface area (Å²) < 4.78 is 6.04. The molecule has 330 valence electrons. The third kappa shape index (κ3) is 40.3. The van der Waals surface area contributed by atoms with Gasteiger partial charge in [0, 0.05) is 12.8 Å². The maximum Gasteiger partial charge on any atom is 0.326 e. The topological polar surface area (TPSA) is 119 Å². The molecule has 0 saturated heterocycles. The van der Waals surface area contributed by atoms with Crippen LogP contribution in [0, 0.1) is 0 Å². The number of rotatable bonds is 45. The fraction of sp³-hybridized carbons (Fsp3) is 0.898. The number of allylic oxidation sites excluding steroid dienone is 2. The summed E-state index contributed by atoms with van der Waals surface area (Å²) in [7, 11) is 0. The van der Waals surface area contributed by atoms with Crippen LogP contribution in [0.25, 0.3) is 0 Å².